The Morgan fingerprint density at radius 3 is 2.56 bits per heavy atom. The van der Waals surface area contributed by atoms with Gasteiger partial charge >= 0.3 is 0 Å². The molecule has 0 aromatic carbocycles. The predicted octanol–water partition coefficient (Wildman–Crippen LogP) is 1.73. The number of aromatic amines is 1. The van der Waals surface area contributed by atoms with Crippen LogP contribution < -0.4 is 11.1 Å². The smallest absolute Gasteiger partial charge is 0.227 e. The number of hydrogen-bond donors (Lipinski definition) is 3. The van der Waals surface area contributed by atoms with Crippen molar-refractivity contribution in [3.05, 3.63) is 11.4 Å². The van der Waals surface area contributed by atoms with Crippen molar-refractivity contribution in [1.82, 2.24) is 10.2 Å². The largest absolute Gasteiger partial charge is 0.330 e. The van der Waals surface area contributed by atoms with Gasteiger partial charge in [-0.1, -0.05) is 0 Å². The molecule has 5 nitrogen and oxygen atoms in total. The summed E-state index contributed by atoms with van der Waals surface area (Å²) >= 11 is 0. The molecule has 1 saturated carbocycles. The van der Waals surface area contributed by atoms with Crippen LogP contribution in [-0.2, 0) is 4.79 Å². The molecule has 1 aliphatic rings. The molecule has 0 radical (unpaired) electrons. The normalized spacial score (nSPS) is 23.9. The van der Waals surface area contributed by atoms with Gasteiger partial charge in [0.05, 0.1) is 17.1 Å². The van der Waals surface area contributed by atoms with Crippen LogP contribution in [0.1, 0.15) is 37.1 Å². The first-order chi connectivity index (χ1) is 8.61. The topological polar surface area (TPSA) is 83.8 Å². The number of carbonyl (C=O) groups excluding carboxylic acids is 1. The summed E-state index contributed by atoms with van der Waals surface area (Å²) in [5.74, 6) is 0.853. The van der Waals surface area contributed by atoms with E-state index >= 15 is 0 Å². The number of hydrogen-bond acceptors (Lipinski definition) is 3. The van der Waals surface area contributed by atoms with Crippen molar-refractivity contribution in [3.8, 4) is 0 Å². The lowest BCUT2D eigenvalue weighted by atomic mass is 9.81. The van der Waals surface area contributed by atoms with E-state index in [-0.39, 0.29) is 11.8 Å². The van der Waals surface area contributed by atoms with Crippen LogP contribution in [0.5, 0.6) is 0 Å². The first kappa shape index (κ1) is 13.1. The standard InChI is InChI=1S/C13H22N4O/c1-8-12(9(2)17-16-8)15-13(18)11-5-3-10(7-14)4-6-11/h10-11H,3-7,14H2,1-2H3,(H,15,18)(H,16,17). The second kappa shape index (κ2) is 5.52. The Kier molecular flexibility index (Phi) is 4.01. The summed E-state index contributed by atoms with van der Waals surface area (Å²) in [6.07, 6.45) is 4.03. The molecular weight excluding hydrogens is 228 g/mol. The number of anilines is 1. The maximum Gasteiger partial charge on any atom is 0.227 e. The molecule has 1 aromatic heterocycles. The molecule has 5 heteroatoms. The molecule has 1 fully saturated rings. The highest BCUT2D eigenvalue weighted by Crippen LogP contribution is 2.29. The van der Waals surface area contributed by atoms with Gasteiger partial charge in [0.1, 0.15) is 0 Å². The zero-order chi connectivity index (χ0) is 13.1. The number of aromatic nitrogens is 2. The third-order valence-electron chi connectivity index (χ3n) is 3.93. The summed E-state index contributed by atoms with van der Waals surface area (Å²) in [5.41, 5.74) is 8.25. The lowest BCUT2D eigenvalue weighted by molar-refractivity contribution is -0.121. The molecule has 18 heavy (non-hydrogen) atoms. The Balaban J connectivity index is 1.93. The van der Waals surface area contributed by atoms with E-state index in [1.54, 1.807) is 0 Å². The highest BCUT2D eigenvalue weighted by Gasteiger charge is 2.26. The Hall–Kier alpha value is -1.36. The molecule has 4 N–H and O–H groups in total. The van der Waals surface area contributed by atoms with E-state index in [0.717, 1.165) is 49.3 Å². The second-order valence-electron chi connectivity index (χ2n) is 5.25. The lowest BCUT2D eigenvalue weighted by Gasteiger charge is -2.26. The van der Waals surface area contributed by atoms with Gasteiger partial charge in [0, 0.05) is 5.92 Å². The lowest BCUT2D eigenvalue weighted by Crippen LogP contribution is -2.29. The van der Waals surface area contributed by atoms with E-state index in [1.807, 2.05) is 13.8 Å². The van der Waals surface area contributed by atoms with Crippen molar-refractivity contribution in [2.45, 2.75) is 39.5 Å². The van der Waals surface area contributed by atoms with Gasteiger partial charge in [-0.15, -0.1) is 0 Å². The minimum atomic E-state index is 0.123. The number of nitrogens with two attached hydrogens (primary N) is 1. The number of carbonyl (C=O) groups is 1. The maximum absolute atomic E-state index is 12.2. The Bertz CT molecular complexity index is 399. The van der Waals surface area contributed by atoms with Gasteiger partial charge in [-0.25, -0.2) is 0 Å². The van der Waals surface area contributed by atoms with Gasteiger partial charge in [-0.2, -0.15) is 5.10 Å². The fraction of sp³-hybridized carbons (Fsp3) is 0.692. The fourth-order valence-electron chi connectivity index (χ4n) is 2.62. The zero-order valence-electron chi connectivity index (χ0n) is 11.1. The van der Waals surface area contributed by atoms with Gasteiger partial charge in [0.25, 0.3) is 0 Å². The Morgan fingerprint density at radius 2 is 2.06 bits per heavy atom. The fourth-order valence-corrected chi connectivity index (χ4v) is 2.62. The molecule has 0 saturated heterocycles. The molecule has 1 aromatic rings. The van der Waals surface area contributed by atoms with Crippen LogP contribution in [0.2, 0.25) is 0 Å². The zero-order valence-corrected chi connectivity index (χ0v) is 11.1. The Labute approximate surface area is 108 Å². The summed E-state index contributed by atoms with van der Waals surface area (Å²) in [7, 11) is 0. The number of nitrogens with one attached hydrogen (secondary N) is 2. The summed E-state index contributed by atoms with van der Waals surface area (Å²) < 4.78 is 0. The second-order valence-corrected chi connectivity index (χ2v) is 5.25. The predicted molar refractivity (Wildman–Crippen MR) is 71.2 cm³/mol. The minimum absolute atomic E-state index is 0.123. The number of H-pyrrole nitrogens is 1. The highest BCUT2D eigenvalue weighted by atomic mass is 16.1. The van der Waals surface area contributed by atoms with Crippen LogP contribution in [0.25, 0.3) is 0 Å². The van der Waals surface area contributed by atoms with Crippen LogP contribution in [0.15, 0.2) is 0 Å². The third kappa shape index (κ3) is 2.72. The minimum Gasteiger partial charge on any atom is -0.330 e. The molecule has 0 aliphatic heterocycles. The van der Waals surface area contributed by atoms with E-state index in [1.165, 1.54) is 0 Å². The van der Waals surface area contributed by atoms with Crippen LogP contribution >= 0.6 is 0 Å². The van der Waals surface area contributed by atoms with E-state index in [9.17, 15) is 4.79 Å². The average molecular weight is 250 g/mol. The molecule has 100 valence electrons. The molecule has 1 aliphatic carbocycles. The van der Waals surface area contributed by atoms with Crippen molar-refractivity contribution in [3.63, 3.8) is 0 Å². The van der Waals surface area contributed by atoms with Crippen molar-refractivity contribution in [2.75, 3.05) is 11.9 Å². The van der Waals surface area contributed by atoms with E-state index in [4.69, 9.17) is 5.73 Å². The summed E-state index contributed by atoms with van der Waals surface area (Å²) in [6, 6.07) is 0. The van der Waals surface area contributed by atoms with E-state index < -0.39 is 0 Å². The summed E-state index contributed by atoms with van der Waals surface area (Å²) in [4.78, 5) is 12.2. The van der Waals surface area contributed by atoms with Gasteiger partial charge in [-0.05, 0) is 52.0 Å². The first-order valence-corrected chi connectivity index (χ1v) is 6.64. The van der Waals surface area contributed by atoms with Gasteiger partial charge < -0.3 is 11.1 Å². The first-order valence-electron chi connectivity index (χ1n) is 6.64. The third-order valence-corrected chi connectivity index (χ3v) is 3.93. The average Bonchev–Trinajstić information content (AvgIpc) is 2.70. The molecule has 2 rings (SSSR count). The van der Waals surface area contributed by atoms with E-state index in [2.05, 4.69) is 15.5 Å². The van der Waals surface area contributed by atoms with Crippen LogP contribution in [0.3, 0.4) is 0 Å². The summed E-state index contributed by atoms with van der Waals surface area (Å²) in [5, 5.41) is 9.96. The number of nitrogens with zero attached hydrogens (tertiary/aromatic N) is 1. The van der Waals surface area contributed by atoms with Gasteiger partial charge in [0.15, 0.2) is 0 Å². The van der Waals surface area contributed by atoms with Crippen LogP contribution in [-0.4, -0.2) is 22.6 Å². The summed E-state index contributed by atoms with van der Waals surface area (Å²) in [6.45, 7) is 4.56. The van der Waals surface area contributed by atoms with Crippen molar-refractivity contribution in [1.29, 1.82) is 0 Å². The van der Waals surface area contributed by atoms with Gasteiger partial charge in [-0.3, -0.25) is 9.89 Å². The van der Waals surface area contributed by atoms with Crippen LogP contribution in [0, 0.1) is 25.7 Å². The van der Waals surface area contributed by atoms with Crippen molar-refractivity contribution >= 4 is 11.6 Å². The van der Waals surface area contributed by atoms with Gasteiger partial charge in [0.2, 0.25) is 5.91 Å². The van der Waals surface area contributed by atoms with Crippen molar-refractivity contribution < 1.29 is 4.79 Å². The van der Waals surface area contributed by atoms with Crippen molar-refractivity contribution in [2.24, 2.45) is 17.6 Å². The molecule has 0 spiro atoms. The van der Waals surface area contributed by atoms with E-state index in [0.29, 0.717) is 5.92 Å². The quantitative estimate of drug-likeness (QED) is 0.764. The molecule has 0 atom stereocenters. The monoisotopic (exact) mass is 250 g/mol. The maximum atomic E-state index is 12.2. The molecule has 1 amide bonds. The highest BCUT2D eigenvalue weighted by molar-refractivity contribution is 5.93. The molecule has 0 unspecified atom stereocenters. The number of rotatable bonds is 3. The number of amides is 1. The SMILES string of the molecule is Cc1n[nH]c(C)c1NC(=O)C1CCC(CN)CC1. The van der Waals surface area contributed by atoms with Crippen LogP contribution in [0.4, 0.5) is 5.69 Å². The molecular formula is C13H22N4O. The Morgan fingerprint density at radius 1 is 1.39 bits per heavy atom. The number of aryl methyl sites for hydroxylation is 2. The molecule has 1 heterocycles. The molecule has 0 bridgehead atoms.